The number of ether oxygens (including phenoxy) is 2. The van der Waals surface area contributed by atoms with Gasteiger partial charge in [-0.1, -0.05) is 11.6 Å². The van der Waals surface area contributed by atoms with Crippen LogP contribution in [-0.4, -0.2) is 80.5 Å². The summed E-state index contributed by atoms with van der Waals surface area (Å²) in [6, 6.07) is 3.81. The van der Waals surface area contributed by atoms with Crippen molar-refractivity contribution in [3.63, 3.8) is 0 Å². The molecule has 4 atom stereocenters. The lowest BCUT2D eigenvalue weighted by molar-refractivity contribution is -0.173. The molecule has 2 amide bonds. The number of carbonyl (C=O) groups is 3. The predicted octanol–water partition coefficient (Wildman–Crippen LogP) is -0.199. The molecule has 12 nitrogen and oxygen atoms in total. The van der Waals surface area contributed by atoms with Gasteiger partial charge in [-0.3, -0.25) is 19.3 Å². The van der Waals surface area contributed by atoms with E-state index in [1.165, 1.54) is 22.8 Å². The fourth-order valence-corrected chi connectivity index (χ4v) is 5.06. The topological polar surface area (TPSA) is 141 Å². The molecule has 5 rings (SSSR count). The first-order chi connectivity index (χ1) is 16.4. The minimum absolute atomic E-state index is 0.0800. The Kier molecular flexibility index (Phi) is 5.96. The zero-order chi connectivity index (χ0) is 23.9. The number of esters is 1. The van der Waals surface area contributed by atoms with Gasteiger partial charge in [-0.05, 0) is 40.6 Å². The van der Waals surface area contributed by atoms with Gasteiger partial charge in [-0.15, -0.1) is 5.10 Å². The van der Waals surface area contributed by atoms with E-state index in [2.05, 4.69) is 26.2 Å². The summed E-state index contributed by atoms with van der Waals surface area (Å²) in [5, 5.41) is 17.7. The highest BCUT2D eigenvalue weighted by atomic mass is 35.5. The highest BCUT2D eigenvalue weighted by Gasteiger charge is 2.71. The summed E-state index contributed by atoms with van der Waals surface area (Å²) >= 11 is 6.17. The van der Waals surface area contributed by atoms with Crippen molar-refractivity contribution in [2.24, 2.45) is 5.92 Å². The van der Waals surface area contributed by atoms with Crippen molar-refractivity contribution >= 4 is 29.4 Å². The molecule has 0 spiro atoms. The van der Waals surface area contributed by atoms with E-state index in [-0.39, 0.29) is 30.9 Å². The van der Waals surface area contributed by atoms with Crippen LogP contribution in [-0.2, 0) is 30.4 Å². The number of benzene rings is 1. The zero-order valence-corrected chi connectivity index (χ0v) is 19.2. The van der Waals surface area contributed by atoms with Crippen LogP contribution in [0.25, 0.3) is 5.69 Å². The summed E-state index contributed by atoms with van der Waals surface area (Å²) in [4.78, 5) is 40.0. The Hall–Kier alpha value is -3.09. The zero-order valence-electron chi connectivity index (χ0n) is 18.4. The molecule has 34 heavy (non-hydrogen) atoms. The number of aromatic nitrogens is 4. The predicted molar refractivity (Wildman–Crippen MR) is 116 cm³/mol. The molecule has 13 heteroatoms. The smallest absolute Gasteiger partial charge is 0.304 e. The Morgan fingerprint density at radius 1 is 1.38 bits per heavy atom. The molecule has 1 saturated carbocycles. The number of nitrogens with zero attached hydrogens (tertiary/aromatic N) is 5. The molecular weight excluding hydrogens is 466 g/mol. The molecule has 1 aromatic heterocycles. The van der Waals surface area contributed by atoms with Crippen LogP contribution >= 0.6 is 11.6 Å². The van der Waals surface area contributed by atoms with Crippen LogP contribution in [0.2, 0.25) is 5.02 Å². The number of tetrazole rings is 1. The summed E-state index contributed by atoms with van der Waals surface area (Å²) in [6.07, 6.45) is 2.38. The first-order valence-corrected chi connectivity index (χ1v) is 11.4. The van der Waals surface area contributed by atoms with Crippen LogP contribution in [0.1, 0.15) is 25.3 Å². The normalized spacial score (nSPS) is 27.7. The fraction of sp³-hybridized carbons (Fsp3) is 0.524. The van der Waals surface area contributed by atoms with E-state index in [0.29, 0.717) is 42.3 Å². The Labute approximate surface area is 199 Å². The molecular formula is C21H24ClN7O5. The van der Waals surface area contributed by atoms with Crippen molar-refractivity contribution < 1.29 is 23.9 Å². The molecule has 2 aliphatic heterocycles. The number of piperidine rings is 1. The number of hydrogen-bond acceptors (Lipinski definition) is 9. The van der Waals surface area contributed by atoms with Gasteiger partial charge in [0.25, 0.3) is 0 Å². The van der Waals surface area contributed by atoms with E-state index in [1.54, 1.807) is 18.2 Å². The molecule has 3 heterocycles. The molecule has 180 valence electrons. The van der Waals surface area contributed by atoms with E-state index < -0.39 is 23.8 Å². The fourth-order valence-electron chi connectivity index (χ4n) is 4.87. The van der Waals surface area contributed by atoms with Crippen molar-refractivity contribution in [2.45, 2.75) is 44.1 Å². The van der Waals surface area contributed by atoms with Crippen LogP contribution in [0.4, 0.5) is 0 Å². The molecule has 0 radical (unpaired) electrons. The van der Waals surface area contributed by atoms with Crippen molar-refractivity contribution in [1.29, 1.82) is 0 Å². The van der Waals surface area contributed by atoms with Gasteiger partial charge < -0.3 is 20.1 Å². The highest BCUT2D eigenvalue weighted by Crippen LogP contribution is 2.59. The molecule has 0 bridgehead atoms. The number of halogens is 1. The molecule has 1 aliphatic carbocycles. The number of hydrogen-bond donors (Lipinski definition) is 2. The average Bonchev–Trinajstić information content (AvgIpc) is 3.16. The van der Waals surface area contributed by atoms with Gasteiger partial charge >= 0.3 is 5.97 Å². The number of morpholine rings is 1. The van der Waals surface area contributed by atoms with Crippen LogP contribution in [0.3, 0.4) is 0 Å². The van der Waals surface area contributed by atoms with Crippen molar-refractivity contribution in [3.05, 3.63) is 35.1 Å². The third-order valence-electron chi connectivity index (χ3n) is 6.41. The largest absolute Gasteiger partial charge is 0.439 e. The molecule has 2 saturated heterocycles. The monoisotopic (exact) mass is 489 g/mol. The maximum Gasteiger partial charge on any atom is 0.304 e. The lowest BCUT2D eigenvalue weighted by Crippen LogP contribution is -2.60. The SMILES string of the molecule is CC(=O)O[C@@]12C[C@H]1C[C@@H](C(=O)NCc1cc(Cl)ccc1-n1cnnn1)N2C(=O)[C@H]1COCCN1. The number of rotatable bonds is 6. The van der Waals surface area contributed by atoms with Gasteiger partial charge in [0.2, 0.25) is 11.8 Å². The Balaban J connectivity index is 1.35. The third kappa shape index (κ3) is 4.12. The van der Waals surface area contributed by atoms with E-state index >= 15 is 0 Å². The number of fused-ring (bicyclic) bond motifs is 1. The highest BCUT2D eigenvalue weighted by molar-refractivity contribution is 6.30. The Morgan fingerprint density at radius 3 is 2.94 bits per heavy atom. The van der Waals surface area contributed by atoms with Gasteiger partial charge in [0.1, 0.15) is 18.4 Å². The van der Waals surface area contributed by atoms with E-state index in [0.717, 1.165) is 0 Å². The van der Waals surface area contributed by atoms with Gasteiger partial charge in [-0.25, -0.2) is 4.68 Å². The van der Waals surface area contributed by atoms with E-state index in [1.807, 2.05) is 0 Å². The summed E-state index contributed by atoms with van der Waals surface area (Å²) in [7, 11) is 0. The maximum atomic E-state index is 13.4. The second kappa shape index (κ2) is 8.93. The molecule has 3 fully saturated rings. The summed E-state index contributed by atoms with van der Waals surface area (Å²) in [5.74, 6) is -1.22. The van der Waals surface area contributed by atoms with Crippen LogP contribution in [0.5, 0.6) is 0 Å². The van der Waals surface area contributed by atoms with E-state index in [4.69, 9.17) is 21.1 Å². The van der Waals surface area contributed by atoms with Crippen LogP contribution < -0.4 is 10.6 Å². The van der Waals surface area contributed by atoms with Crippen molar-refractivity contribution in [1.82, 2.24) is 35.7 Å². The minimum Gasteiger partial charge on any atom is -0.439 e. The van der Waals surface area contributed by atoms with Gasteiger partial charge in [-0.2, -0.15) is 0 Å². The quantitative estimate of drug-likeness (QED) is 0.528. The van der Waals surface area contributed by atoms with Gasteiger partial charge in [0.05, 0.1) is 18.9 Å². The van der Waals surface area contributed by atoms with Crippen molar-refractivity contribution in [2.75, 3.05) is 19.8 Å². The Bertz CT molecular complexity index is 1110. The lowest BCUT2D eigenvalue weighted by Gasteiger charge is -2.36. The summed E-state index contributed by atoms with van der Waals surface area (Å²) in [5.41, 5.74) is 0.292. The Morgan fingerprint density at radius 2 is 2.24 bits per heavy atom. The first-order valence-electron chi connectivity index (χ1n) is 11.0. The van der Waals surface area contributed by atoms with Gasteiger partial charge in [0, 0.05) is 37.4 Å². The maximum absolute atomic E-state index is 13.4. The number of likely N-dealkylation sites (tertiary alicyclic amines) is 1. The molecule has 2 aromatic rings. The van der Waals surface area contributed by atoms with Crippen LogP contribution in [0, 0.1) is 5.92 Å². The number of nitrogens with one attached hydrogen (secondary N) is 2. The standard InChI is InChI=1S/C21H24ClN7O5/c1-12(30)34-21-8-14(21)7-18(29(21)20(32)16-10-33-5-4-23-16)19(31)24-9-13-6-15(22)2-3-17(13)28-11-25-26-27-28/h2-3,6,11,14,16,18,23H,4-5,7-10H2,1H3,(H,24,31)/t14-,16-,18+,21+/m1/s1. The molecule has 3 aliphatic rings. The second-order valence-electron chi connectivity index (χ2n) is 8.63. The van der Waals surface area contributed by atoms with Crippen LogP contribution in [0.15, 0.2) is 24.5 Å². The third-order valence-corrected chi connectivity index (χ3v) is 6.65. The van der Waals surface area contributed by atoms with Gasteiger partial charge in [0.15, 0.2) is 5.72 Å². The lowest BCUT2D eigenvalue weighted by atomic mass is 10.1. The summed E-state index contributed by atoms with van der Waals surface area (Å²) < 4.78 is 12.5. The molecule has 0 unspecified atom stereocenters. The number of amides is 2. The second-order valence-corrected chi connectivity index (χ2v) is 9.06. The number of carbonyl (C=O) groups excluding carboxylic acids is 3. The first kappa shape index (κ1) is 22.7. The van der Waals surface area contributed by atoms with Crippen molar-refractivity contribution in [3.8, 4) is 5.69 Å². The molecule has 1 aromatic carbocycles. The molecule has 2 N–H and O–H groups in total. The average molecular weight is 490 g/mol. The van der Waals surface area contributed by atoms with E-state index in [9.17, 15) is 14.4 Å². The summed E-state index contributed by atoms with van der Waals surface area (Å²) in [6.45, 7) is 2.68. The minimum atomic E-state index is -1.07.